The Morgan fingerprint density at radius 2 is 1.96 bits per heavy atom. The van der Waals surface area contributed by atoms with Gasteiger partial charge < -0.3 is 20.5 Å². The van der Waals surface area contributed by atoms with Crippen LogP contribution in [0.5, 0.6) is 11.5 Å². The van der Waals surface area contributed by atoms with E-state index >= 15 is 0 Å². The van der Waals surface area contributed by atoms with Crippen LogP contribution in [-0.2, 0) is 6.42 Å². The smallest absolute Gasteiger partial charge is 0.251 e. The summed E-state index contributed by atoms with van der Waals surface area (Å²) in [5, 5.41) is 2.91. The van der Waals surface area contributed by atoms with Gasteiger partial charge in [0.25, 0.3) is 5.91 Å². The number of anilines is 1. The molecule has 0 heterocycles. The molecule has 1 amide bonds. The molecule has 2 aromatic rings. The van der Waals surface area contributed by atoms with Crippen molar-refractivity contribution in [1.82, 2.24) is 5.32 Å². The third-order valence-electron chi connectivity index (χ3n) is 3.79. The molecule has 0 unspecified atom stereocenters. The number of carbonyl (C=O) groups excluding carboxylic acids is 1. The summed E-state index contributed by atoms with van der Waals surface area (Å²) in [4.78, 5) is 12.3. The van der Waals surface area contributed by atoms with Gasteiger partial charge in [0, 0.05) is 17.8 Å². The quantitative estimate of drug-likeness (QED) is 0.804. The van der Waals surface area contributed by atoms with Gasteiger partial charge in [-0.3, -0.25) is 4.79 Å². The van der Waals surface area contributed by atoms with Crippen LogP contribution in [0.25, 0.3) is 0 Å². The zero-order valence-electron chi connectivity index (χ0n) is 13.7. The first-order chi connectivity index (χ1) is 11.1. The SMILES string of the molecule is COc1ccc(OC)c(CCNC(=O)c2cccc(N)c2C)c1. The lowest BCUT2D eigenvalue weighted by Crippen LogP contribution is -2.26. The highest BCUT2D eigenvalue weighted by molar-refractivity contribution is 5.96. The number of nitrogens with one attached hydrogen (secondary N) is 1. The van der Waals surface area contributed by atoms with E-state index < -0.39 is 0 Å². The number of hydrogen-bond acceptors (Lipinski definition) is 4. The fourth-order valence-corrected chi connectivity index (χ4v) is 2.38. The molecular weight excluding hydrogens is 292 g/mol. The molecule has 0 radical (unpaired) electrons. The number of nitrogen functional groups attached to an aromatic ring is 1. The van der Waals surface area contributed by atoms with E-state index in [2.05, 4.69) is 5.32 Å². The molecule has 5 nitrogen and oxygen atoms in total. The number of nitrogens with two attached hydrogens (primary N) is 1. The van der Waals surface area contributed by atoms with E-state index in [0.717, 1.165) is 22.6 Å². The molecule has 0 aliphatic rings. The van der Waals surface area contributed by atoms with E-state index in [-0.39, 0.29) is 5.91 Å². The van der Waals surface area contributed by atoms with E-state index in [9.17, 15) is 4.79 Å². The van der Waals surface area contributed by atoms with Gasteiger partial charge in [-0.25, -0.2) is 0 Å². The standard InChI is InChI=1S/C18H22N2O3/c1-12-15(5-4-6-16(12)19)18(21)20-10-9-13-11-14(22-2)7-8-17(13)23-3/h4-8,11H,9-10,19H2,1-3H3,(H,20,21). The minimum atomic E-state index is -0.128. The van der Waals surface area contributed by atoms with Crippen LogP contribution >= 0.6 is 0 Å². The summed E-state index contributed by atoms with van der Waals surface area (Å²) in [6.07, 6.45) is 0.646. The van der Waals surface area contributed by atoms with Crippen LogP contribution in [-0.4, -0.2) is 26.7 Å². The Morgan fingerprint density at radius 1 is 1.17 bits per heavy atom. The van der Waals surface area contributed by atoms with Crippen molar-refractivity contribution in [3.63, 3.8) is 0 Å². The first-order valence-corrected chi connectivity index (χ1v) is 7.41. The van der Waals surface area contributed by atoms with Crippen LogP contribution in [0.4, 0.5) is 5.69 Å². The second-order valence-electron chi connectivity index (χ2n) is 5.20. The number of benzene rings is 2. The lowest BCUT2D eigenvalue weighted by Gasteiger charge is -2.12. The molecule has 0 bridgehead atoms. The summed E-state index contributed by atoms with van der Waals surface area (Å²) < 4.78 is 10.6. The van der Waals surface area contributed by atoms with E-state index in [0.29, 0.717) is 24.2 Å². The molecule has 0 saturated carbocycles. The fraction of sp³-hybridized carbons (Fsp3) is 0.278. The average molecular weight is 314 g/mol. The summed E-state index contributed by atoms with van der Waals surface area (Å²) in [6, 6.07) is 11.0. The lowest BCUT2D eigenvalue weighted by atomic mass is 10.1. The first kappa shape index (κ1) is 16.7. The summed E-state index contributed by atoms with van der Waals surface area (Å²) in [6.45, 7) is 2.34. The van der Waals surface area contributed by atoms with Gasteiger partial charge in [0.2, 0.25) is 0 Å². The van der Waals surface area contributed by atoms with Gasteiger partial charge in [0.05, 0.1) is 14.2 Å². The minimum absolute atomic E-state index is 0.128. The molecular formula is C18H22N2O3. The summed E-state index contributed by atoms with van der Waals surface area (Å²) in [7, 11) is 3.25. The molecule has 0 atom stereocenters. The zero-order valence-corrected chi connectivity index (χ0v) is 13.7. The molecule has 0 aliphatic carbocycles. The molecule has 0 saturated heterocycles. The number of amides is 1. The van der Waals surface area contributed by atoms with Crippen molar-refractivity contribution >= 4 is 11.6 Å². The first-order valence-electron chi connectivity index (χ1n) is 7.41. The molecule has 23 heavy (non-hydrogen) atoms. The van der Waals surface area contributed by atoms with Crippen molar-refractivity contribution in [2.24, 2.45) is 0 Å². The van der Waals surface area contributed by atoms with Crippen molar-refractivity contribution in [2.75, 3.05) is 26.5 Å². The van der Waals surface area contributed by atoms with Gasteiger partial charge in [0.1, 0.15) is 11.5 Å². The molecule has 122 valence electrons. The maximum Gasteiger partial charge on any atom is 0.251 e. The Bertz CT molecular complexity index is 699. The van der Waals surface area contributed by atoms with Crippen LogP contribution in [0, 0.1) is 6.92 Å². The third kappa shape index (κ3) is 3.94. The third-order valence-corrected chi connectivity index (χ3v) is 3.79. The van der Waals surface area contributed by atoms with Crippen LogP contribution < -0.4 is 20.5 Å². The highest BCUT2D eigenvalue weighted by Gasteiger charge is 2.11. The van der Waals surface area contributed by atoms with Crippen LogP contribution in [0.15, 0.2) is 36.4 Å². The Kier molecular flexibility index (Phi) is 5.46. The summed E-state index contributed by atoms with van der Waals surface area (Å²) in [5.41, 5.74) is 8.83. The van der Waals surface area contributed by atoms with Gasteiger partial charge in [-0.05, 0) is 54.8 Å². The van der Waals surface area contributed by atoms with Crippen molar-refractivity contribution < 1.29 is 14.3 Å². The van der Waals surface area contributed by atoms with Crippen molar-refractivity contribution in [3.8, 4) is 11.5 Å². The number of rotatable bonds is 6. The molecule has 5 heteroatoms. The van der Waals surface area contributed by atoms with Crippen molar-refractivity contribution in [2.45, 2.75) is 13.3 Å². The number of ether oxygens (including phenoxy) is 2. The largest absolute Gasteiger partial charge is 0.497 e. The van der Waals surface area contributed by atoms with Crippen LogP contribution in [0.1, 0.15) is 21.5 Å². The Labute approximate surface area is 136 Å². The molecule has 2 aromatic carbocycles. The molecule has 3 N–H and O–H groups in total. The van der Waals surface area contributed by atoms with Gasteiger partial charge in [0.15, 0.2) is 0 Å². The van der Waals surface area contributed by atoms with E-state index in [1.165, 1.54) is 0 Å². The van der Waals surface area contributed by atoms with Crippen LogP contribution in [0.2, 0.25) is 0 Å². The predicted octanol–water partition coefficient (Wildman–Crippen LogP) is 2.57. The topological polar surface area (TPSA) is 73.6 Å². The van der Waals surface area contributed by atoms with Crippen molar-refractivity contribution in [3.05, 3.63) is 53.1 Å². The zero-order chi connectivity index (χ0) is 16.8. The summed E-state index contributed by atoms with van der Waals surface area (Å²) in [5.74, 6) is 1.41. The highest BCUT2D eigenvalue weighted by Crippen LogP contribution is 2.24. The molecule has 0 aromatic heterocycles. The van der Waals surface area contributed by atoms with Crippen LogP contribution in [0.3, 0.4) is 0 Å². The maximum absolute atomic E-state index is 12.3. The van der Waals surface area contributed by atoms with Gasteiger partial charge in [-0.15, -0.1) is 0 Å². The second-order valence-corrected chi connectivity index (χ2v) is 5.20. The molecule has 0 aliphatic heterocycles. The van der Waals surface area contributed by atoms with Gasteiger partial charge in [-0.2, -0.15) is 0 Å². The van der Waals surface area contributed by atoms with Gasteiger partial charge in [-0.1, -0.05) is 6.07 Å². The number of hydrogen-bond donors (Lipinski definition) is 2. The Hall–Kier alpha value is -2.69. The van der Waals surface area contributed by atoms with Crippen molar-refractivity contribution in [1.29, 1.82) is 0 Å². The Balaban J connectivity index is 2.02. The van der Waals surface area contributed by atoms with E-state index in [4.69, 9.17) is 15.2 Å². The minimum Gasteiger partial charge on any atom is -0.497 e. The number of methoxy groups -OCH3 is 2. The maximum atomic E-state index is 12.3. The second kappa shape index (κ2) is 7.54. The average Bonchev–Trinajstić information content (AvgIpc) is 2.57. The monoisotopic (exact) mass is 314 g/mol. The molecule has 0 spiro atoms. The lowest BCUT2D eigenvalue weighted by molar-refractivity contribution is 0.0953. The highest BCUT2D eigenvalue weighted by atomic mass is 16.5. The molecule has 2 rings (SSSR count). The number of carbonyl (C=O) groups is 1. The van der Waals surface area contributed by atoms with E-state index in [1.54, 1.807) is 32.4 Å². The van der Waals surface area contributed by atoms with Gasteiger partial charge >= 0.3 is 0 Å². The normalized spacial score (nSPS) is 10.2. The predicted molar refractivity (Wildman–Crippen MR) is 91.2 cm³/mol. The van der Waals surface area contributed by atoms with E-state index in [1.807, 2.05) is 25.1 Å². The Morgan fingerprint density at radius 3 is 2.65 bits per heavy atom. The fourth-order valence-electron chi connectivity index (χ4n) is 2.38. The molecule has 0 fully saturated rings. The summed E-state index contributed by atoms with van der Waals surface area (Å²) >= 11 is 0.